The van der Waals surface area contributed by atoms with Crippen molar-refractivity contribution in [1.82, 2.24) is 0 Å². The van der Waals surface area contributed by atoms with Crippen LogP contribution in [0.25, 0.3) is 0 Å². The van der Waals surface area contributed by atoms with Crippen molar-refractivity contribution in [3.8, 4) is 0 Å². The van der Waals surface area contributed by atoms with Crippen LogP contribution in [0.15, 0.2) is 30.3 Å². The van der Waals surface area contributed by atoms with Crippen LogP contribution in [0.2, 0.25) is 0 Å². The number of Topliss-reactive ketones (excluding diaryl/α,β-unsaturated/α-hetero) is 1. The normalized spacial score (nSPS) is 20.1. The molecule has 2 rings (SSSR count). The third-order valence-corrected chi connectivity index (χ3v) is 3.33. The standard InChI is InChI=1S/C14H17NO2/c1-15(11-7-3-2-4-8-11)14(17)12-9-5-6-10-13(12)16/h2-4,7-8,12H,5-6,9-10H2,1H3. The summed E-state index contributed by atoms with van der Waals surface area (Å²) in [5.41, 5.74) is 0.843. The Hall–Kier alpha value is -1.64. The maximum absolute atomic E-state index is 12.2. The number of amides is 1. The molecule has 1 unspecified atom stereocenters. The lowest BCUT2D eigenvalue weighted by Crippen LogP contribution is -2.38. The van der Waals surface area contributed by atoms with Crippen LogP contribution in [0, 0.1) is 5.92 Å². The van der Waals surface area contributed by atoms with Crippen molar-refractivity contribution < 1.29 is 9.59 Å². The van der Waals surface area contributed by atoms with Gasteiger partial charge in [-0.3, -0.25) is 9.59 Å². The lowest BCUT2D eigenvalue weighted by molar-refractivity contribution is -0.133. The number of benzene rings is 1. The van der Waals surface area contributed by atoms with Crippen LogP contribution in [0.5, 0.6) is 0 Å². The first-order chi connectivity index (χ1) is 8.20. The van der Waals surface area contributed by atoms with Crippen molar-refractivity contribution in [1.29, 1.82) is 0 Å². The average Bonchev–Trinajstić information content (AvgIpc) is 2.39. The highest BCUT2D eigenvalue weighted by molar-refractivity contribution is 6.08. The van der Waals surface area contributed by atoms with E-state index in [1.807, 2.05) is 30.3 Å². The van der Waals surface area contributed by atoms with Gasteiger partial charge in [0.2, 0.25) is 5.91 Å². The van der Waals surface area contributed by atoms with E-state index in [2.05, 4.69) is 0 Å². The minimum absolute atomic E-state index is 0.0686. The van der Waals surface area contributed by atoms with Crippen molar-refractivity contribution in [2.75, 3.05) is 11.9 Å². The molecule has 1 amide bonds. The zero-order chi connectivity index (χ0) is 12.3. The predicted octanol–water partition coefficient (Wildman–Crippen LogP) is 2.41. The molecule has 0 spiro atoms. The predicted molar refractivity (Wildman–Crippen MR) is 66.8 cm³/mol. The van der Waals surface area contributed by atoms with Crippen LogP contribution in [0.1, 0.15) is 25.7 Å². The minimum atomic E-state index is -0.422. The number of hydrogen-bond donors (Lipinski definition) is 0. The zero-order valence-electron chi connectivity index (χ0n) is 10.1. The quantitative estimate of drug-likeness (QED) is 0.733. The summed E-state index contributed by atoms with van der Waals surface area (Å²) in [5, 5.41) is 0. The monoisotopic (exact) mass is 231 g/mol. The summed E-state index contributed by atoms with van der Waals surface area (Å²) in [6.07, 6.45) is 3.16. The second kappa shape index (κ2) is 5.13. The van der Waals surface area contributed by atoms with Gasteiger partial charge in [0.25, 0.3) is 0 Å². The maximum Gasteiger partial charge on any atom is 0.237 e. The van der Waals surface area contributed by atoms with Crippen LogP contribution in [-0.4, -0.2) is 18.7 Å². The Bertz CT molecular complexity index is 413. The van der Waals surface area contributed by atoms with E-state index < -0.39 is 5.92 Å². The van der Waals surface area contributed by atoms with Gasteiger partial charge in [-0.05, 0) is 25.0 Å². The molecular formula is C14H17NO2. The summed E-state index contributed by atoms with van der Waals surface area (Å²) >= 11 is 0. The van der Waals surface area contributed by atoms with Crippen molar-refractivity contribution >= 4 is 17.4 Å². The molecule has 3 nitrogen and oxygen atoms in total. The molecule has 1 atom stereocenters. The van der Waals surface area contributed by atoms with Gasteiger partial charge in [0.1, 0.15) is 5.78 Å². The minimum Gasteiger partial charge on any atom is -0.315 e. The second-order valence-corrected chi connectivity index (χ2v) is 4.50. The Morgan fingerprint density at radius 2 is 1.94 bits per heavy atom. The smallest absolute Gasteiger partial charge is 0.237 e. The van der Waals surface area contributed by atoms with Gasteiger partial charge in [-0.15, -0.1) is 0 Å². The second-order valence-electron chi connectivity index (χ2n) is 4.50. The zero-order valence-corrected chi connectivity index (χ0v) is 10.1. The van der Waals surface area contributed by atoms with E-state index in [0.717, 1.165) is 18.5 Å². The fourth-order valence-corrected chi connectivity index (χ4v) is 2.26. The van der Waals surface area contributed by atoms with Gasteiger partial charge in [-0.2, -0.15) is 0 Å². The average molecular weight is 231 g/mol. The van der Waals surface area contributed by atoms with Gasteiger partial charge < -0.3 is 4.90 Å². The molecule has 1 fully saturated rings. The van der Waals surface area contributed by atoms with Gasteiger partial charge in [0.05, 0.1) is 5.92 Å². The van der Waals surface area contributed by atoms with Crippen molar-refractivity contribution in [2.45, 2.75) is 25.7 Å². The third-order valence-electron chi connectivity index (χ3n) is 3.33. The number of ketones is 1. The molecule has 1 aliphatic carbocycles. The third kappa shape index (κ3) is 2.54. The number of nitrogens with zero attached hydrogens (tertiary/aromatic N) is 1. The lowest BCUT2D eigenvalue weighted by atomic mass is 9.87. The summed E-state index contributed by atoms with van der Waals surface area (Å²) in [6, 6.07) is 9.45. The fraction of sp³-hybridized carbons (Fsp3) is 0.429. The largest absolute Gasteiger partial charge is 0.315 e. The first kappa shape index (κ1) is 11.8. The molecular weight excluding hydrogens is 214 g/mol. The number of rotatable bonds is 2. The maximum atomic E-state index is 12.2. The van der Waals surface area contributed by atoms with Crippen LogP contribution < -0.4 is 4.90 Å². The summed E-state index contributed by atoms with van der Waals surface area (Å²) in [7, 11) is 1.74. The molecule has 0 bridgehead atoms. The molecule has 90 valence electrons. The van der Waals surface area contributed by atoms with Crippen LogP contribution in [0.3, 0.4) is 0 Å². The topological polar surface area (TPSA) is 37.4 Å². The van der Waals surface area contributed by atoms with Crippen LogP contribution in [-0.2, 0) is 9.59 Å². The van der Waals surface area contributed by atoms with Crippen molar-refractivity contribution in [3.05, 3.63) is 30.3 Å². The van der Waals surface area contributed by atoms with E-state index in [9.17, 15) is 9.59 Å². The highest BCUT2D eigenvalue weighted by Gasteiger charge is 2.31. The van der Waals surface area contributed by atoms with Crippen LogP contribution in [0.4, 0.5) is 5.69 Å². The number of carbonyl (C=O) groups is 2. The molecule has 1 saturated carbocycles. The number of anilines is 1. The molecule has 1 aromatic rings. The van der Waals surface area contributed by atoms with Gasteiger partial charge in [0.15, 0.2) is 0 Å². The summed E-state index contributed by atoms with van der Waals surface area (Å²) in [5.74, 6) is -0.390. The van der Waals surface area contributed by atoms with E-state index >= 15 is 0 Å². The number of para-hydroxylation sites is 1. The van der Waals surface area contributed by atoms with E-state index in [1.54, 1.807) is 11.9 Å². The Morgan fingerprint density at radius 1 is 1.24 bits per heavy atom. The Balaban J connectivity index is 2.12. The van der Waals surface area contributed by atoms with Crippen LogP contribution >= 0.6 is 0 Å². The molecule has 0 aliphatic heterocycles. The fourth-order valence-electron chi connectivity index (χ4n) is 2.26. The van der Waals surface area contributed by atoms with E-state index in [4.69, 9.17) is 0 Å². The highest BCUT2D eigenvalue weighted by atomic mass is 16.2. The lowest BCUT2D eigenvalue weighted by Gasteiger charge is -2.25. The summed E-state index contributed by atoms with van der Waals surface area (Å²) in [4.78, 5) is 25.5. The van der Waals surface area contributed by atoms with Gasteiger partial charge in [0, 0.05) is 19.2 Å². The molecule has 17 heavy (non-hydrogen) atoms. The number of carbonyl (C=O) groups excluding carboxylic acids is 2. The first-order valence-electron chi connectivity index (χ1n) is 6.05. The molecule has 0 N–H and O–H groups in total. The number of hydrogen-bond acceptors (Lipinski definition) is 2. The van der Waals surface area contributed by atoms with E-state index in [-0.39, 0.29) is 11.7 Å². The van der Waals surface area contributed by atoms with Gasteiger partial charge in [-0.1, -0.05) is 24.6 Å². The first-order valence-corrected chi connectivity index (χ1v) is 6.05. The summed E-state index contributed by atoms with van der Waals surface area (Å²) in [6.45, 7) is 0. The van der Waals surface area contributed by atoms with E-state index in [1.165, 1.54) is 0 Å². The van der Waals surface area contributed by atoms with Gasteiger partial charge in [-0.25, -0.2) is 0 Å². The highest BCUT2D eigenvalue weighted by Crippen LogP contribution is 2.24. The summed E-state index contributed by atoms with van der Waals surface area (Å²) < 4.78 is 0. The van der Waals surface area contributed by atoms with E-state index in [0.29, 0.717) is 12.8 Å². The Morgan fingerprint density at radius 3 is 2.59 bits per heavy atom. The molecule has 0 aromatic heterocycles. The van der Waals surface area contributed by atoms with Gasteiger partial charge >= 0.3 is 0 Å². The molecule has 1 aliphatic rings. The molecule has 0 saturated heterocycles. The Kier molecular flexibility index (Phi) is 3.57. The molecule has 0 heterocycles. The van der Waals surface area contributed by atoms with Crippen molar-refractivity contribution in [2.24, 2.45) is 5.92 Å². The molecule has 3 heteroatoms. The molecule has 1 aromatic carbocycles. The SMILES string of the molecule is CN(C(=O)C1CCCCC1=O)c1ccccc1. The molecule has 0 radical (unpaired) electrons. The Labute approximate surface area is 101 Å². The van der Waals surface area contributed by atoms with Crippen molar-refractivity contribution in [3.63, 3.8) is 0 Å².